The topological polar surface area (TPSA) is 84.7 Å². The quantitative estimate of drug-likeness (QED) is 0.588. The zero-order chi connectivity index (χ0) is 14.5. The first-order chi connectivity index (χ1) is 8.84. The van der Waals surface area contributed by atoms with Crippen LogP contribution < -0.4 is 11.4 Å². The Hall–Kier alpha value is -1.14. The van der Waals surface area contributed by atoms with Gasteiger partial charge in [-0.25, -0.2) is 5.84 Å². The van der Waals surface area contributed by atoms with Gasteiger partial charge in [-0.05, 0) is 24.2 Å². The molecule has 0 saturated carbocycles. The third-order valence-corrected chi connectivity index (χ3v) is 3.79. The van der Waals surface area contributed by atoms with E-state index in [1.165, 1.54) is 0 Å². The van der Waals surface area contributed by atoms with Crippen LogP contribution in [0, 0.1) is 11.3 Å². The summed E-state index contributed by atoms with van der Waals surface area (Å²) in [5.74, 6) is 5.10. The number of hydrazine groups is 1. The van der Waals surface area contributed by atoms with Crippen LogP contribution >= 0.6 is 0 Å². The van der Waals surface area contributed by atoms with Gasteiger partial charge in [0.1, 0.15) is 0 Å². The van der Waals surface area contributed by atoms with Crippen molar-refractivity contribution in [3.05, 3.63) is 0 Å². The first-order valence-electron chi connectivity index (χ1n) is 6.77. The van der Waals surface area contributed by atoms with Crippen molar-refractivity contribution >= 4 is 11.9 Å². The minimum atomic E-state index is -0.452. The Balaban J connectivity index is 2.48. The predicted molar refractivity (Wildman–Crippen MR) is 71.4 cm³/mol. The van der Waals surface area contributed by atoms with Crippen LogP contribution in [0.15, 0.2) is 0 Å². The van der Waals surface area contributed by atoms with E-state index in [0.717, 1.165) is 12.8 Å². The summed E-state index contributed by atoms with van der Waals surface area (Å²) in [5.41, 5.74) is 2.07. The Morgan fingerprint density at radius 3 is 2.74 bits per heavy atom. The highest BCUT2D eigenvalue weighted by atomic mass is 16.7. The Morgan fingerprint density at radius 2 is 2.16 bits per heavy atom. The normalized spacial score (nSPS) is 21.2. The average Bonchev–Trinajstić information content (AvgIpc) is 2.48. The minimum absolute atomic E-state index is 0.125. The Kier molecular flexibility index (Phi) is 5.75. The second-order valence-corrected chi connectivity index (χ2v) is 6.11. The molecule has 1 unspecified atom stereocenters. The Morgan fingerprint density at radius 1 is 1.47 bits per heavy atom. The van der Waals surface area contributed by atoms with Crippen molar-refractivity contribution in [2.45, 2.75) is 46.5 Å². The van der Waals surface area contributed by atoms with Gasteiger partial charge in [0.05, 0.1) is 6.42 Å². The number of nitrogens with one attached hydrogen (secondary N) is 1. The van der Waals surface area contributed by atoms with Crippen LogP contribution in [0.5, 0.6) is 0 Å². The molecule has 0 spiro atoms. The number of nitrogens with two attached hydrogens (primary N) is 1. The number of carbonyl (C=O) groups is 2. The lowest BCUT2D eigenvalue weighted by Gasteiger charge is -2.29. The molecule has 1 fully saturated rings. The molecular formula is C13H25N3O3. The van der Waals surface area contributed by atoms with Gasteiger partial charge in [-0.2, -0.15) is 0 Å². The molecule has 6 nitrogen and oxygen atoms in total. The third-order valence-electron chi connectivity index (χ3n) is 3.79. The number of nitrogens with zero attached hydrogens (tertiary/aromatic N) is 1. The van der Waals surface area contributed by atoms with Crippen LogP contribution in [-0.4, -0.2) is 29.9 Å². The van der Waals surface area contributed by atoms with E-state index in [0.29, 0.717) is 25.4 Å². The van der Waals surface area contributed by atoms with E-state index < -0.39 is 5.97 Å². The Bertz CT molecular complexity index is 326. The third kappa shape index (κ3) is 5.16. The maximum Gasteiger partial charge on any atom is 0.328 e. The summed E-state index contributed by atoms with van der Waals surface area (Å²) in [6.45, 7) is 7.74. The summed E-state index contributed by atoms with van der Waals surface area (Å²) in [5, 5.41) is 0. The number of carbonyl (C=O) groups excluding carboxylic acids is 2. The van der Waals surface area contributed by atoms with Crippen molar-refractivity contribution in [2.75, 3.05) is 13.1 Å². The lowest BCUT2D eigenvalue weighted by Crippen LogP contribution is -2.34. The molecule has 1 amide bonds. The van der Waals surface area contributed by atoms with Crippen LogP contribution in [-0.2, 0) is 14.4 Å². The van der Waals surface area contributed by atoms with Crippen molar-refractivity contribution in [3.63, 3.8) is 0 Å². The van der Waals surface area contributed by atoms with Gasteiger partial charge < -0.3 is 9.74 Å². The zero-order valence-electron chi connectivity index (χ0n) is 12.1. The summed E-state index contributed by atoms with van der Waals surface area (Å²) in [7, 11) is 0. The van der Waals surface area contributed by atoms with E-state index in [-0.39, 0.29) is 17.7 Å². The largest absolute Gasteiger partial charge is 0.356 e. The molecule has 6 heteroatoms. The van der Waals surface area contributed by atoms with Crippen LogP contribution in [0.25, 0.3) is 0 Å². The maximum absolute atomic E-state index is 12.0. The second kappa shape index (κ2) is 6.86. The van der Waals surface area contributed by atoms with Crippen molar-refractivity contribution in [1.82, 2.24) is 10.5 Å². The lowest BCUT2D eigenvalue weighted by molar-refractivity contribution is -0.151. The fourth-order valence-corrected chi connectivity index (χ4v) is 2.48. The van der Waals surface area contributed by atoms with Crippen molar-refractivity contribution < 1.29 is 14.4 Å². The van der Waals surface area contributed by atoms with Gasteiger partial charge >= 0.3 is 5.97 Å². The van der Waals surface area contributed by atoms with Gasteiger partial charge in [0.15, 0.2) is 0 Å². The van der Waals surface area contributed by atoms with Crippen LogP contribution in [0.1, 0.15) is 46.5 Å². The molecule has 3 N–H and O–H groups in total. The first kappa shape index (κ1) is 15.9. The van der Waals surface area contributed by atoms with Gasteiger partial charge in [-0.1, -0.05) is 26.4 Å². The molecule has 1 aliphatic heterocycles. The molecule has 1 atom stereocenters. The highest BCUT2D eigenvalue weighted by Gasteiger charge is 2.29. The van der Waals surface area contributed by atoms with E-state index in [1.807, 2.05) is 5.59 Å². The lowest BCUT2D eigenvalue weighted by atomic mass is 9.77. The summed E-state index contributed by atoms with van der Waals surface area (Å²) in [6, 6.07) is 0. The van der Waals surface area contributed by atoms with Crippen molar-refractivity contribution in [2.24, 2.45) is 17.2 Å². The maximum atomic E-state index is 12.0. The highest BCUT2D eigenvalue weighted by Crippen LogP contribution is 2.34. The van der Waals surface area contributed by atoms with Crippen LogP contribution in [0.4, 0.5) is 0 Å². The van der Waals surface area contributed by atoms with E-state index >= 15 is 0 Å². The molecule has 0 radical (unpaired) electrons. The predicted octanol–water partition coefficient (Wildman–Crippen LogP) is 0.973. The zero-order valence-corrected chi connectivity index (χ0v) is 12.1. The summed E-state index contributed by atoms with van der Waals surface area (Å²) >= 11 is 0. The fourth-order valence-electron chi connectivity index (χ4n) is 2.48. The molecule has 0 aromatic rings. The van der Waals surface area contributed by atoms with Gasteiger partial charge in [0, 0.05) is 19.5 Å². The molecular weight excluding hydrogens is 246 g/mol. The average molecular weight is 271 g/mol. The number of amides is 1. The molecule has 1 rings (SSSR count). The van der Waals surface area contributed by atoms with E-state index in [2.05, 4.69) is 25.6 Å². The minimum Gasteiger partial charge on any atom is -0.356 e. The van der Waals surface area contributed by atoms with Gasteiger partial charge in [0.25, 0.3) is 0 Å². The molecule has 19 heavy (non-hydrogen) atoms. The van der Waals surface area contributed by atoms with Crippen LogP contribution in [0.3, 0.4) is 0 Å². The molecule has 0 aromatic carbocycles. The van der Waals surface area contributed by atoms with Gasteiger partial charge in [-0.15, -0.1) is 0 Å². The molecule has 1 heterocycles. The standard InChI is InChI=1S/C13H25N3O3/c1-13(2,3)10-4-5-11(17)16(8-6-10)9-7-12(18)19-15-14/h10,15H,4-9,14H2,1-3H3. The molecule has 1 aliphatic rings. The van der Waals surface area contributed by atoms with Crippen LogP contribution in [0.2, 0.25) is 0 Å². The molecule has 1 saturated heterocycles. The smallest absolute Gasteiger partial charge is 0.328 e. The molecule has 0 aliphatic carbocycles. The van der Waals surface area contributed by atoms with E-state index in [1.54, 1.807) is 4.90 Å². The summed E-state index contributed by atoms with van der Waals surface area (Å²) in [6.07, 6.45) is 2.63. The first-order valence-corrected chi connectivity index (χ1v) is 6.77. The summed E-state index contributed by atoms with van der Waals surface area (Å²) in [4.78, 5) is 29.4. The SMILES string of the molecule is CC(C)(C)C1CCC(=O)N(CCC(=O)ONN)CC1. The monoisotopic (exact) mass is 271 g/mol. The number of hydrogen-bond donors (Lipinski definition) is 2. The number of likely N-dealkylation sites (tertiary alicyclic amines) is 1. The van der Waals surface area contributed by atoms with E-state index in [4.69, 9.17) is 5.84 Å². The second-order valence-electron chi connectivity index (χ2n) is 6.11. The summed E-state index contributed by atoms with van der Waals surface area (Å²) < 4.78 is 0. The van der Waals surface area contributed by atoms with Gasteiger partial charge in [-0.3, -0.25) is 9.59 Å². The highest BCUT2D eigenvalue weighted by molar-refractivity contribution is 5.77. The van der Waals surface area contributed by atoms with Crippen molar-refractivity contribution in [3.8, 4) is 0 Å². The molecule has 0 aromatic heterocycles. The Labute approximate surface area is 114 Å². The van der Waals surface area contributed by atoms with Crippen molar-refractivity contribution in [1.29, 1.82) is 0 Å². The molecule has 0 bridgehead atoms. The number of rotatable bonds is 4. The van der Waals surface area contributed by atoms with Gasteiger partial charge in [0.2, 0.25) is 5.91 Å². The fraction of sp³-hybridized carbons (Fsp3) is 0.846. The molecule has 110 valence electrons. The number of hydrogen-bond acceptors (Lipinski definition) is 5. The van der Waals surface area contributed by atoms with E-state index in [9.17, 15) is 9.59 Å².